The number of halogens is 1. The zero-order chi connectivity index (χ0) is 11.9. The van der Waals surface area contributed by atoms with Gasteiger partial charge in [0.1, 0.15) is 14.1 Å². The Morgan fingerprint density at radius 1 is 1.56 bits per heavy atom. The van der Waals surface area contributed by atoms with Gasteiger partial charge < -0.3 is 4.74 Å². The number of hydrogen-bond acceptors (Lipinski definition) is 2. The molecule has 2 unspecified atom stereocenters. The summed E-state index contributed by atoms with van der Waals surface area (Å²) in [5.74, 6) is 0.142. The Kier molecular flexibility index (Phi) is 3.53. The Labute approximate surface area is 99.5 Å². The molecule has 0 spiro atoms. The molecule has 1 saturated heterocycles. The minimum Gasteiger partial charge on any atom is -0.350 e. The minimum absolute atomic E-state index is 0.0156. The van der Waals surface area contributed by atoms with Gasteiger partial charge in [-0.05, 0) is 32.0 Å². The number of rotatable bonds is 1. The quantitative estimate of drug-likeness (QED) is 0.508. The Bertz CT molecular complexity index is 358. The zero-order valence-electron chi connectivity index (χ0n) is 10.0. The fraction of sp³-hybridized carbons (Fsp3) is 0.636. The van der Waals surface area contributed by atoms with Crippen LogP contribution in [0.5, 0.6) is 0 Å². The van der Waals surface area contributed by atoms with Gasteiger partial charge in [0.2, 0.25) is 0 Å². The SMILES string of the molecule is BC1=C(C2O[C@H](P)[C@@H](C)N2C)CCC(F)=C1. The summed E-state index contributed by atoms with van der Waals surface area (Å²) in [6.07, 6.45) is 2.93. The Balaban J connectivity index is 2.23. The highest BCUT2D eigenvalue weighted by atomic mass is 31.0. The molecule has 88 valence electrons. The lowest BCUT2D eigenvalue weighted by molar-refractivity contribution is 0.0611. The van der Waals surface area contributed by atoms with E-state index in [1.165, 1.54) is 5.57 Å². The molecule has 1 heterocycles. The van der Waals surface area contributed by atoms with Gasteiger partial charge in [-0.3, -0.25) is 4.90 Å². The molecule has 0 N–H and O–H groups in total. The van der Waals surface area contributed by atoms with Gasteiger partial charge in [0.25, 0.3) is 0 Å². The molecule has 0 aromatic rings. The number of hydrogen-bond donors (Lipinski definition) is 0. The molecule has 2 aliphatic rings. The number of ether oxygens (including phenoxy) is 1. The highest BCUT2D eigenvalue weighted by Crippen LogP contribution is 2.35. The fourth-order valence-corrected chi connectivity index (χ4v) is 2.72. The third-order valence-electron chi connectivity index (χ3n) is 3.58. The molecule has 16 heavy (non-hydrogen) atoms. The number of allylic oxidation sites excluding steroid dienone is 3. The second kappa shape index (κ2) is 4.60. The lowest BCUT2D eigenvalue weighted by atomic mass is 9.83. The van der Waals surface area contributed by atoms with Crippen LogP contribution < -0.4 is 0 Å². The number of nitrogens with zero attached hydrogens (tertiary/aromatic N) is 1. The summed E-state index contributed by atoms with van der Waals surface area (Å²) in [5, 5.41) is 0. The number of likely N-dealkylation sites (N-methyl/N-ethyl adjacent to an activating group) is 1. The summed E-state index contributed by atoms with van der Waals surface area (Å²) < 4.78 is 19.0. The fourth-order valence-electron chi connectivity index (χ4n) is 2.30. The molecule has 0 aromatic carbocycles. The molecule has 2 nitrogen and oxygen atoms in total. The van der Waals surface area contributed by atoms with E-state index in [2.05, 4.69) is 28.1 Å². The van der Waals surface area contributed by atoms with Crippen LogP contribution in [0.2, 0.25) is 0 Å². The predicted octanol–water partition coefficient (Wildman–Crippen LogP) is 1.40. The van der Waals surface area contributed by atoms with Crippen LogP contribution in [-0.2, 0) is 4.74 Å². The lowest BCUT2D eigenvalue weighted by Gasteiger charge is -2.26. The van der Waals surface area contributed by atoms with Crippen LogP contribution in [-0.4, -0.2) is 37.9 Å². The van der Waals surface area contributed by atoms with Crippen molar-refractivity contribution in [3.8, 4) is 0 Å². The van der Waals surface area contributed by atoms with E-state index in [1.807, 2.05) is 7.85 Å². The zero-order valence-corrected chi connectivity index (χ0v) is 11.2. The van der Waals surface area contributed by atoms with Crippen LogP contribution >= 0.6 is 9.24 Å². The third kappa shape index (κ3) is 2.11. The van der Waals surface area contributed by atoms with Crippen LogP contribution in [0.4, 0.5) is 4.39 Å². The molecular formula is C11H18BFNOP. The van der Waals surface area contributed by atoms with Crippen LogP contribution in [0.3, 0.4) is 0 Å². The monoisotopic (exact) mass is 241 g/mol. The van der Waals surface area contributed by atoms with Crippen molar-refractivity contribution in [3.63, 3.8) is 0 Å². The minimum atomic E-state index is -0.0163. The largest absolute Gasteiger partial charge is 0.350 e. The Morgan fingerprint density at radius 3 is 2.75 bits per heavy atom. The average molecular weight is 241 g/mol. The van der Waals surface area contributed by atoms with E-state index in [-0.39, 0.29) is 17.9 Å². The van der Waals surface area contributed by atoms with Gasteiger partial charge in [-0.25, -0.2) is 4.39 Å². The van der Waals surface area contributed by atoms with Crippen molar-refractivity contribution in [1.82, 2.24) is 4.90 Å². The molecule has 0 radical (unpaired) electrons. The van der Waals surface area contributed by atoms with Crippen molar-refractivity contribution < 1.29 is 9.13 Å². The van der Waals surface area contributed by atoms with Crippen LogP contribution in [0.25, 0.3) is 0 Å². The first-order valence-electron chi connectivity index (χ1n) is 5.69. The second-order valence-electron chi connectivity index (χ2n) is 4.66. The molecular weight excluding hydrogens is 223 g/mol. The van der Waals surface area contributed by atoms with Crippen molar-refractivity contribution in [2.75, 3.05) is 7.05 Å². The maximum absolute atomic E-state index is 13.1. The summed E-state index contributed by atoms with van der Waals surface area (Å²) in [5.41, 5.74) is 2.24. The Hall–Kier alpha value is -0.175. The first kappa shape index (κ1) is 12.3. The van der Waals surface area contributed by atoms with Gasteiger partial charge >= 0.3 is 0 Å². The van der Waals surface area contributed by atoms with E-state index in [4.69, 9.17) is 4.74 Å². The molecule has 1 fully saturated rings. The third-order valence-corrected chi connectivity index (χ3v) is 4.30. The maximum atomic E-state index is 13.1. The summed E-state index contributed by atoms with van der Waals surface area (Å²) >= 11 is 0. The second-order valence-corrected chi connectivity index (χ2v) is 5.32. The maximum Gasteiger partial charge on any atom is 0.139 e. The highest BCUT2D eigenvalue weighted by Gasteiger charge is 2.37. The van der Waals surface area contributed by atoms with Gasteiger partial charge in [-0.1, -0.05) is 5.47 Å². The van der Waals surface area contributed by atoms with Crippen LogP contribution in [0.1, 0.15) is 19.8 Å². The van der Waals surface area contributed by atoms with E-state index in [1.54, 1.807) is 6.08 Å². The van der Waals surface area contributed by atoms with Crippen molar-refractivity contribution in [1.29, 1.82) is 0 Å². The molecule has 4 atom stereocenters. The van der Waals surface area contributed by atoms with E-state index < -0.39 is 0 Å². The van der Waals surface area contributed by atoms with Gasteiger partial charge in [-0.2, -0.15) is 0 Å². The molecule has 0 bridgehead atoms. The molecule has 0 saturated carbocycles. The van der Waals surface area contributed by atoms with E-state index in [9.17, 15) is 4.39 Å². The van der Waals surface area contributed by atoms with E-state index in [0.29, 0.717) is 12.5 Å². The lowest BCUT2D eigenvalue weighted by Crippen LogP contribution is -2.34. The summed E-state index contributed by atoms with van der Waals surface area (Å²) in [7, 11) is 6.75. The first-order chi connectivity index (χ1) is 7.50. The molecule has 2 rings (SSSR count). The smallest absolute Gasteiger partial charge is 0.139 e. The normalized spacial score (nSPS) is 36.8. The van der Waals surface area contributed by atoms with Crippen LogP contribution in [0, 0.1) is 0 Å². The predicted molar refractivity (Wildman–Crippen MR) is 69.6 cm³/mol. The Morgan fingerprint density at radius 2 is 2.25 bits per heavy atom. The summed E-state index contributed by atoms with van der Waals surface area (Å²) in [4.78, 5) is 2.22. The summed E-state index contributed by atoms with van der Waals surface area (Å²) in [6.45, 7) is 2.15. The standard InChI is InChI=1S/C11H18BFNOP/c1-6-11(16)15-10(14(6)2)8-4-3-7(13)5-9(8)12/h5-6,10-11H,3-4,12,16H2,1-2H3/t6-,10?,11-/m1/s1. The molecule has 1 aliphatic carbocycles. The molecule has 5 heteroatoms. The highest BCUT2D eigenvalue weighted by molar-refractivity contribution is 7.17. The van der Waals surface area contributed by atoms with Gasteiger partial charge in [0.05, 0.1) is 11.7 Å². The van der Waals surface area contributed by atoms with Gasteiger partial charge in [0.15, 0.2) is 0 Å². The van der Waals surface area contributed by atoms with Gasteiger partial charge in [0, 0.05) is 12.5 Å². The van der Waals surface area contributed by atoms with E-state index >= 15 is 0 Å². The van der Waals surface area contributed by atoms with Crippen molar-refractivity contribution >= 4 is 17.1 Å². The topological polar surface area (TPSA) is 12.5 Å². The molecule has 0 amide bonds. The van der Waals surface area contributed by atoms with Crippen molar-refractivity contribution in [2.24, 2.45) is 0 Å². The summed E-state index contributed by atoms with van der Waals surface area (Å²) in [6, 6.07) is 0.381. The van der Waals surface area contributed by atoms with Crippen molar-refractivity contribution in [2.45, 2.75) is 37.9 Å². The van der Waals surface area contributed by atoms with Crippen LogP contribution in [0.15, 0.2) is 22.9 Å². The van der Waals surface area contributed by atoms with E-state index in [0.717, 1.165) is 11.9 Å². The molecule has 0 aromatic heterocycles. The average Bonchev–Trinajstić information content (AvgIpc) is 2.46. The molecule has 1 aliphatic heterocycles. The van der Waals surface area contributed by atoms with Crippen molar-refractivity contribution in [3.05, 3.63) is 22.9 Å². The van der Waals surface area contributed by atoms with Gasteiger partial charge in [-0.15, -0.1) is 9.24 Å². The first-order valence-corrected chi connectivity index (χ1v) is 6.36.